The van der Waals surface area contributed by atoms with Gasteiger partial charge in [0.1, 0.15) is 17.2 Å². The molecule has 1 saturated heterocycles. The number of methoxy groups -OCH3 is 1. The van der Waals surface area contributed by atoms with Crippen LogP contribution in [0.2, 0.25) is 0 Å². The van der Waals surface area contributed by atoms with Crippen LogP contribution in [0.5, 0.6) is 0 Å². The quantitative estimate of drug-likeness (QED) is 0.559. The van der Waals surface area contributed by atoms with Crippen molar-refractivity contribution in [3.63, 3.8) is 0 Å². The highest BCUT2D eigenvalue weighted by Gasteiger charge is 2.46. The van der Waals surface area contributed by atoms with Crippen molar-refractivity contribution >= 4 is 23.7 Å². The van der Waals surface area contributed by atoms with Crippen LogP contribution in [0.3, 0.4) is 0 Å². The van der Waals surface area contributed by atoms with E-state index in [-0.39, 0.29) is 30.7 Å². The maximum Gasteiger partial charge on any atom is 0.318 e. The molecule has 0 radical (unpaired) electrons. The highest BCUT2D eigenvalue weighted by Crippen LogP contribution is 2.41. The molecular weight excluding hydrogens is 414 g/mol. The van der Waals surface area contributed by atoms with E-state index in [0.717, 1.165) is 18.4 Å². The largest absolute Gasteiger partial charge is 0.468 e. The van der Waals surface area contributed by atoms with E-state index < -0.39 is 17.4 Å². The molecule has 5 rings (SSSR count). The number of hydrogen-bond donors (Lipinski definition) is 1. The Morgan fingerprint density at radius 1 is 1.22 bits per heavy atom. The van der Waals surface area contributed by atoms with Gasteiger partial charge in [0.2, 0.25) is 11.8 Å². The number of nitrogens with zero attached hydrogens (tertiary/aromatic N) is 4. The monoisotopic (exact) mass is 437 g/mol. The zero-order valence-corrected chi connectivity index (χ0v) is 17.7. The van der Waals surface area contributed by atoms with Crippen molar-refractivity contribution in [3.8, 4) is 5.69 Å². The number of hydrogen-bond acceptors (Lipinski definition) is 7. The van der Waals surface area contributed by atoms with E-state index in [0.29, 0.717) is 36.2 Å². The molecule has 3 aliphatic rings. The summed E-state index contributed by atoms with van der Waals surface area (Å²) >= 11 is 0. The Bertz CT molecular complexity index is 1130. The summed E-state index contributed by atoms with van der Waals surface area (Å²) in [6.07, 6.45) is 5.50. The highest BCUT2D eigenvalue weighted by molar-refractivity contribution is 6.05. The Morgan fingerprint density at radius 3 is 2.72 bits per heavy atom. The third-order valence-corrected chi connectivity index (χ3v) is 6.79. The number of rotatable bonds is 4. The van der Waals surface area contributed by atoms with Gasteiger partial charge in [-0.3, -0.25) is 24.5 Å². The maximum atomic E-state index is 12.9. The zero-order chi connectivity index (χ0) is 22.5. The van der Waals surface area contributed by atoms with Crippen molar-refractivity contribution in [1.29, 1.82) is 0 Å². The van der Waals surface area contributed by atoms with Crippen molar-refractivity contribution < 1.29 is 23.9 Å². The lowest BCUT2D eigenvalue weighted by Gasteiger charge is -2.29. The number of fused-ring (bicyclic) bond motifs is 1. The minimum atomic E-state index is -0.762. The van der Waals surface area contributed by atoms with Gasteiger partial charge in [0, 0.05) is 18.5 Å². The fourth-order valence-corrected chi connectivity index (χ4v) is 5.05. The topological polar surface area (TPSA) is 123 Å². The molecule has 166 valence electrons. The number of esters is 1. The number of carbonyl (C=O) groups is 4. The first-order valence-corrected chi connectivity index (χ1v) is 10.7. The molecule has 1 N–H and O–H groups in total. The molecule has 1 atom stereocenters. The normalized spacial score (nSPS) is 22.1. The summed E-state index contributed by atoms with van der Waals surface area (Å²) in [6.45, 7) is 0.280. The molecule has 1 aromatic heterocycles. The first kappa shape index (κ1) is 20.3. The summed E-state index contributed by atoms with van der Waals surface area (Å²) in [5.74, 6) is -1.27. The fourth-order valence-electron chi connectivity index (χ4n) is 5.05. The molecule has 3 heterocycles. The second-order valence-electron chi connectivity index (χ2n) is 8.57. The van der Waals surface area contributed by atoms with Gasteiger partial charge in [-0.15, -0.1) is 5.10 Å². The van der Waals surface area contributed by atoms with Crippen molar-refractivity contribution in [2.75, 3.05) is 7.11 Å². The third kappa shape index (κ3) is 3.09. The molecule has 10 nitrogen and oxygen atoms in total. The van der Waals surface area contributed by atoms with E-state index in [2.05, 4.69) is 15.6 Å². The van der Waals surface area contributed by atoms with Crippen LogP contribution in [0.4, 0.5) is 0 Å². The Balaban J connectivity index is 1.41. The second kappa shape index (κ2) is 7.54. The van der Waals surface area contributed by atoms with Crippen LogP contribution in [0.15, 0.2) is 24.4 Å². The predicted octanol–water partition coefficient (Wildman–Crippen LogP) is 1.01. The van der Waals surface area contributed by atoms with Gasteiger partial charge in [0.05, 0.1) is 19.0 Å². The van der Waals surface area contributed by atoms with Crippen LogP contribution in [0.25, 0.3) is 5.69 Å². The van der Waals surface area contributed by atoms with Crippen LogP contribution in [-0.2, 0) is 31.1 Å². The van der Waals surface area contributed by atoms with Gasteiger partial charge in [-0.2, -0.15) is 0 Å². The number of imide groups is 1. The summed E-state index contributed by atoms with van der Waals surface area (Å²) in [4.78, 5) is 50.6. The van der Waals surface area contributed by atoms with Gasteiger partial charge in [-0.05, 0) is 43.0 Å². The molecule has 1 aromatic carbocycles. The molecule has 0 spiro atoms. The van der Waals surface area contributed by atoms with E-state index in [1.165, 1.54) is 12.0 Å². The van der Waals surface area contributed by atoms with E-state index >= 15 is 0 Å². The summed E-state index contributed by atoms with van der Waals surface area (Å²) in [5, 5.41) is 10.8. The average molecular weight is 437 g/mol. The van der Waals surface area contributed by atoms with E-state index in [4.69, 9.17) is 4.74 Å². The summed E-state index contributed by atoms with van der Waals surface area (Å²) in [6, 6.07) is 4.67. The van der Waals surface area contributed by atoms with Crippen LogP contribution in [0, 0.1) is 0 Å². The van der Waals surface area contributed by atoms with Gasteiger partial charge < -0.3 is 9.64 Å². The van der Waals surface area contributed by atoms with Crippen LogP contribution in [0.1, 0.15) is 60.1 Å². The summed E-state index contributed by atoms with van der Waals surface area (Å²) in [7, 11) is 1.39. The molecule has 10 heteroatoms. The lowest BCUT2D eigenvalue weighted by atomic mass is 9.83. The van der Waals surface area contributed by atoms with Crippen molar-refractivity contribution in [3.05, 3.63) is 41.2 Å². The highest BCUT2D eigenvalue weighted by atomic mass is 16.5. The molecule has 1 unspecified atom stereocenters. The number of carbonyl (C=O) groups excluding carboxylic acids is 4. The average Bonchev–Trinajstić information content (AvgIpc) is 3.53. The van der Waals surface area contributed by atoms with Gasteiger partial charge in [0.25, 0.3) is 5.91 Å². The fraction of sp³-hybridized carbons (Fsp3) is 0.455. The minimum Gasteiger partial charge on any atom is -0.468 e. The molecule has 1 aliphatic carbocycles. The van der Waals surface area contributed by atoms with E-state index in [9.17, 15) is 19.2 Å². The van der Waals surface area contributed by atoms with E-state index in [1.807, 2.05) is 6.07 Å². The SMILES string of the molecule is COC(=O)C1(c2cn(-c3ccc4c(c3)CN(C3CCC(=O)NC3=O)C4=O)nn2)CCCC1. The Hall–Kier alpha value is -3.56. The number of benzene rings is 1. The van der Waals surface area contributed by atoms with Crippen molar-refractivity contribution in [2.24, 2.45) is 0 Å². The van der Waals surface area contributed by atoms with Gasteiger partial charge in [0.15, 0.2) is 0 Å². The standard InChI is InChI=1S/C22H23N5O5/c1-32-21(31)22(8-2-3-9-22)17-12-27(25-24-17)14-4-5-15-13(10-14)11-26(20(15)30)16-6-7-18(28)23-19(16)29/h4-5,10,12,16H,2-3,6-9,11H2,1H3,(H,23,28,29). The Labute approximate surface area is 183 Å². The first-order chi connectivity index (χ1) is 15.4. The number of piperidine rings is 1. The third-order valence-electron chi connectivity index (χ3n) is 6.79. The van der Waals surface area contributed by atoms with Gasteiger partial charge >= 0.3 is 5.97 Å². The first-order valence-electron chi connectivity index (χ1n) is 10.7. The minimum absolute atomic E-state index is 0.214. The summed E-state index contributed by atoms with van der Waals surface area (Å²) < 4.78 is 6.65. The number of ether oxygens (including phenoxy) is 1. The molecule has 32 heavy (non-hydrogen) atoms. The zero-order valence-electron chi connectivity index (χ0n) is 17.7. The van der Waals surface area contributed by atoms with E-state index in [1.54, 1.807) is 23.0 Å². The second-order valence-corrected chi connectivity index (χ2v) is 8.57. The predicted molar refractivity (Wildman–Crippen MR) is 110 cm³/mol. The molecule has 2 fully saturated rings. The van der Waals surface area contributed by atoms with Crippen molar-refractivity contribution in [1.82, 2.24) is 25.2 Å². The van der Waals surface area contributed by atoms with Crippen LogP contribution < -0.4 is 5.32 Å². The van der Waals surface area contributed by atoms with Crippen LogP contribution >= 0.6 is 0 Å². The Morgan fingerprint density at radius 2 is 2.00 bits per heavy atom. The number of amides is 3. The smallest absolute Gasteiger partial charge is 0.318 e. The maximum absolute atomic E-state index is 12.9. The lowest BCUT2D eigenvalue weighted by Crippen LogP contribution is -2.52. The molecule has 0 bridgehead atoms. The van der Waals surface area contributed by atoms with Gasteiger partial charge in [-0.25, -0.2) is 4.68 Å². The molecule has 3 amide bonds. The van der Waals surface area contributed by atoms with Crippen molar-refractivity contribution in [2.45, 2.75) is 56.5 Å². The molecule has 2 aromatic rings. The number of nitrogens with one attached hydrogen (secondary N) is 1. The molecule has 2 aliphatic heterocycles. The van der Waals surface area contributed by atoms with Gasteiger partial charge in [-0.1, -0.05) is 18.1 Å². The number of aromatic nitrogens is 3. The summed E-state index contributed by atoms with van der Waals surface area (Å²) in [5.41, 5.74) is 1.84. The van der Waals surface area contributed by atoms with Crippen LogP contribution in [-0.4, -0.2) is 56.7 Å². The Kier molecular flexibility index (Phi) is 4.79. The molecular formula is C22H23N5O5. The lowest BCUT2D eigenvalue weighted by molar-refractivity contribution is -0.147. The molecule has 1 saturated carbocycles.